The summed E-state index contributed by atoms with van der Waals surface area (Å²) in [6.45, 7) is 0. The smallest absolute Gasteiger partial charge is 0.236 e. The maximum absolute atomic E-state index is 10.9. The molecular weight excluding hydrogens is 232 g/mol. The Bertz CT molecular complexity index is 340. The van der Waals surface area contributed by atoms with Gasteiger partial charge < -0.3 is 0 Å². The van der Waals surface area contributed by atoms with Crippen molar-refractivity contribution in [3.8, 4) is 0 Å². The van der Waals surface area contributed by atoms with Gasteiger partial charge in [0.2, 0.25) is 5.91 Å². The van der Waals surface area contributed by atoms with Crippen molar-refractivity contribution in [2.75, 3.05) is 0 Å². The lowest BCUT2D eigenvalue weighted by molar-refractivity contribution is -0.119. The van der Waals surface area contributed by atoms with E-state index >= 15 is 0 Å². The van der Waals surface area contributed by atoms with Gasteiger partial charge in [0.25, 0.3) is 0 Å². The van der Waals surface area contributed by atoms with Gasteiger partial charge in [0.15, 0.2) is 0 Å². The van der Waals surface area contributed by atoms with Crippen LogP contribution in [0.5, 0.6) is 0 Å². The van der Waals surface area contributed by atoms with E-state index in [0.29, 0.717) is 6.42 Å². The van der Waals surface area contributed by atoms with Crippen LogP contribution in [0, 0.1) is 0 Å². The van der Waals surface area contributed by atoms with Crippen molar-refractivity contribution in [3.63, 3.8) is 0 Å². The van der Waals surface area contributed by atoms with Gasteiger partial charge in [-0.2, -0.15) is 0 Å². The minimum atomic E-state index is 0.0463. The maximum atomic E-state index is 10.9. The van der Waals surface area contributed by atoms with Crippen LogP contribution in [-0.2, 0) is 4.79 Å². The first-order valence-corrected chi connectivity index (χ1v) is 4.85. The number of hydrazine groups is 1. The van der Waals surface area contributed by atoms with Crippen LogP contribution in [0.15, 0.2) is 28.7 Å². The first kappa shape index (κ1) is 8.72. The highest BCUT2D eigenvalue weighted by Crippen LogP contribution is 2.22. The average molecular weight is 241 g/mol. The molecule has 1 aliphatic heterocycles. The van der Waals surface area contributed by atoms with Crippen LogP contribution in [0.2, 0.25) is 0 Å². The second kappa shape index (κ2) is 3.47. The zero-order valence-corrected chi connectivity index (χ0v) is 8.47. The fourth-order valence-corrected chi connectivity index (χ4v) is 1.80. The Labute approximate surface area is 84.6 Å². The number of carbonyl (C=O) groups is 1. The van der Waals surface area contributed by atoms with Crippen LogP contribution in [0.4, 0.5) is 0 Å². The van der Waals surface area contributed by atoms with E-state index in [1.807, 2.05) is 24.3 Å². The van der Waals surface area contributed by atoms with Gasteiger partial charge in [-0.1, -0.05) is 28.1 Å². The number of rotatable bonds is 1. The lowest BCUT2D eigenvalue weighted by Crippen LogP contribution is -2.27. The Morgan fingerprint density at radius 2 is 2.31 bits per heavy atom. The zero-order chi connectivity index (χ0) is 9.26. The lowest BCUT2D eigenvalue weighted by Gasteiger charge is -2.08. The summed E-state index contributed by atoms with van der Waals surface area (Å²) in [7, 11) is 0. The third-order valence-electron chi connectivity index (χ3n) is 2.03. The lowest BCUT2D eigenvalue weighted by atomic mass is 10.1. The number of amides is 1. The van der Waals surface area contributed by atoms with Crippen molar-refractivity contribution >= 4 is 21.8 Å². The molecule has 68 valence electrons. The number of hydrogen-bond acceptors (Lipinski definition) is 2. The quantitative estimate of drug-likeness (QED) is 0.782. The molecule has 0 bridgehead atoms. The molecule has 3 nitrogen and oxygen atoms in total. The SMILES string of the molecule is O=C1CC(c2cccc(Br)c2)NN1. The van der Waals surface area contributed by atoms with E-state index in [4.69, 9.17) is 0 Å². The highest BCUT2D eigenvalue weighted by atomic mass is 79.9. The Morgan fingerprint density at radius 1 is 1.46 bits per heavy atom. The second-order valence-electron chi connectivity index (χ2n) is 3.00. The van der Waals surface area contributed by atoms with E-state index in [9.17, 15) is 4.79 Å². The van der Waals surface area contributed by atoms with Crippen LogP contribution >= 0.6 is 15.9 Å². The molecule has 13 heavy (non-hydrogen) atoms. The summed E-state index contributed by atoms with van der Waals surface area (Å²) < 4.78 is 1.03. The van der Waals surface area contributed by atoms with Crippen LogP contribution in [0.25, 0.3) is 0 Å². The molecule has 2 N–H and O–H groups in total. The van der Waals surface area contributed by atoms with Gasteiger partial charge in [0, 0.05) is 10.9 Å². The van der Waals surface area contributed by atoms with E-state index in [1.165, 1.54) is 0 Å². The van der Waals surface area contributed by atoms with E-state index in [0.717, 1.165) is 10.0 Å². The van der Waals surface area contributed by atoms with Gasteiger partial charge in [-0.3, -0.25) is 10.2 Å². The van der Waals surface area contributed by atoms with Gasteiger partial charge >= 0.3 is 0 Å². The Morgan fingerprint density at radius 3 is 2.92 bits per heavy atom. The highest BCUT2D eigenvalue weighted by Gasteiger charge is 2.22. The van der Waals surface area contributed by atoms with Gasteiger partial charge in [0.1, 0.15) is 0 Å². The average Bonchev–Trinajstić information content (AvgIpc) is 2.52. The molecule has 0 aromatic heterocycles. The second-order valence-corrected chi connectivity index (χ2v) is 3.92. The first-order valence-electron chi connectivity index (χ1n) is 4.05. The fraction of sp³-hybridized carbons (Fsp3) is 0.222. The molecule has 2 rings (SSSR count). The minimum absolute atomic E-state index is 0.0463. The van der Waals surface area contributed by atoms with E-state index in [1.54, 1.807) is 0 Å². The third-order valence-corrected chi connectivity index (χ3v) is 2.52. The van der Waals surface area contributed by atoms with E-state index in [2.05, 4.69) is 26.8 Å². The van der Waals surface area contributed by atoms with Crippen molar-refractivity contribution in [2.45, 2.75) is 12.5 Å². The molecule has 1 aromatic carbocycles. The van der Waals surface area contributed by atoms with Gasteiger partial charge in [0.05, 0.1) is 6.04 Å². The molecule has 1 fully saturated rings. The van der Waals surface area contributed by atoms with Crippen molar-refractivity contribution in [1.82, 2.24) is 10.9 Å². The van der Waals surface area contributed by atoms with E-state index < -0.39 is 0 Å². The fourth-order valence-electron chi connectivity index (χ4n) is 1.38. The molecule has 1 aliphatic rings. The molecule has 0 radical (unpaired) electrons. The van der Waals surface area contributed by atoms with Gasteiger partial charge in [-0.15, -0.1) is 0 Å². The molecule has 1 atom stereocenters. The van der Waals surface area contributed by atoms with Crippen molar-refractivity contribution in [1.29, 1.82) is 0 Å². The summed E-state index contributed by atoms with van der Waals surface area (Å²) in [4.78, 5) is 10.9. The van der Waals surface area contributed by atoms with Gasteiger partial charge in [-0.25, -0.2) is 5.43 Å². The summed E-state index contributed by atoms with van der Waals surface area (Å²) in [6.07, 6.45) is 0.510. The molecule has 0 aliphatic carbocycles. The monoisotopic (exact) mass is 240 g/mol. The highest BCUT2D eigenvalue weighted by molar-refractivity contribution is 9.10. The molecule has 0 saturated carbocycles. The molecule has 1 aromatic rings. The van der Waals surface area contributed by atoms with Crippen molar-refractivity contribution in [2.24, 2.45) is 0 Å². The molecular formula is C9H9BrN2O. The van der Waals surface area contributed by atoms with Crippen LogP contribution in [-0.4, -0.2) is 5.91 Å². The predicted molar refractivity (Wildman–Crippen MR) is 52.8 cm³/mol. The molecule has 0 spiro atoms. The Hall–Kier alpha value is -0.870. The minimum Gasteiger partial charge on any atom is -0.291 e. The molecule has 1 amide bonds. The number of carbonyl (C=O) groups excluding carboxylic acids is 1. The number of hydrogen-bond donors (Lipinski definition) is 2. The van der Waals surface area contributed by atoms with Crippen LogP contribution in [0.3, 0.4) is 0 Å². The summed E-state index contributed by atoms with van der Waals surface area (Å²) >= 11 is 3.39. The topological polar surface area (TPSA) is 41.1 Å². The maximum Gasteiger partial charge on any atom is 0.236 e. The number of benzene rings is 1. The molecule has 4 heteroatoms. The summed E-state index contributed by atoms with van der Waals surface area (Å²) in [5.74, 6) is 0.0463. The summed E-state index contributed by atoms with van der Waals surface area (Å²) in [5.41, 5.74) is 6.63. The largest absolute Gasteiger partial charge is 0.291 e. The van der Waals surface area contributed by atoms with Crippen LogP contribution < -0.4 is 10.9 Å². The van der Waals surface area contributed by atoms with Crippen LogP contribution in [0.1, 0.15) is 18.0 Å². The summed E-state index contributed by atoms with van der Waals surface area (Å²) in [5, 5.41) is 0. The number of halogens is 1. The standard InChI is InChI=1S/C9H9BrN2O/c10-7-3-1-2-6(4-7)8-5-9(13)12-11-8/h1-4,8,11H,5H2,(H,12,13). The molecule has 1 saturated heterocycles. The first-order chi connectivity index (χ1) is 6.25. The van der Waals surface area contributed by atoms with E-state index in [-0.39, 0.29) is 11.9 Å². The van der Waals surface area contributed by atoms with Crippen molar-refractivity contribution in [3.05, 3.63) is 34.3 Å². The Kier molecular flexibility index (Phi) is 2.33. The summed E-state index contributed by atoms with van der Waals surface area (Å²) in [6, 6.07) is 8.04. The predicted octanol–water partition coefficient (Wildman–Crippen LogP) is 1.51. The Balaban J connectivity index is 2.21. The molecule has 1 heterocycles. The van der Waals surface area contributed by atoms with Crippen molar-refractivity contribution < 1.29 is 4.79 Å². The number of nitrogens with one attached hydrogen (secondary N) is 2. The third kappa shape index (κ3) is 1.89. The normalized spacial score (nSPS) is 21.6. The molecule has 1 unspecified atom stereocenters. The van der Waals surface area contributed by atoms with Gasteiger partial charge in [-0.05, 0) is 17.7 Å². The zero-order valence-electron chi connectivity index (χ0n) is 6.88.